The van der Waals surface area contributed by atoms with Crippen molar-refractivity contribution in [2.75, 3.05) is 6.61 Å². The van der Waals surface area contributed by atoms with Crippen molar-refractivity contribution in [2.24, 2.45) is 0 Å². The Balaban J connectivity index is 1.67. The summed E-state index contributed by atoms with van der Waals surface area (Å²) in [5, 5.41) is 0.451. The van der Waals surface area contributed by atoms with Crippen LogP contribution in [-0.2, 0) is 17.8 Å². The molecule has 1 unspecified atom stereocenters. The Kier molecular flexibility index (Phi) is 4.55. The number of hydrogen-bond donors (Lipinski definition) is 0. The molecule has 1 aliphatic heterocycles. The van der Waals surface area contributed by atoms with Gasteiger partial charge >= 0.3 is 5.69 Å². The van der Waals surface area contributed by atoms with E-state index in [0.717, 1.165) is 12.8 Å². The summed E-state index contributed by atoms with van der Waals surface area (Å²) in [5.41, 5.74) is 0.510. The van der Waals surface area contributed by atoms with Gasteiger partial charge < -0.3 is 4.74 Å². The van der Waals surface area contributed by atoms with Crippen LogP contribution in [0.3, 0.4) is 0 Å². The third-order valence-electron chi connectivity index (χ3n) is 5.49. The maximum absolute atomic E-state index is 13.3. The molecule has 8 heteroatoms. The molecule has 4 heterocycles. The lowest BCUT2D eigenvalue weighted by atomic mass is 10.2. The van der Waals surface area contributed by atoms with Crippen LogP contribution in [-0.4, -0.2) is 31.2 Å². The van der Waals surface area contributed by atoms with Gasteiger partial charge in [0.1, 0.15) is 5.65 Å². The van der Waals surface area contributed by atoms with Gasteiger partial charge in [-0.3, -0.25) is 23.1 Å². The van der Waals surface area contributed by atoms with Crippen LogP contribution in [0.25, 0.3) is 16.6 Å². The van der Waals surface area contributed by atoms with Gasteiger partial charge in [-0.05, 0) is 37.1 Å². The summed E-state index contributed by atoms with van der Waals surface area (Å²) < 4.78 is 9.83. The lowest BCUT2D eigenvalue weighted by molar-refractivity contribution is 0.0948. The highest BCUT2D eigenvalue weighted by atomic mass is 16.5. The van der Waals surface area contributed by atoms with Crippen LogP contribution in [0.4, 0.5) is 0 Å². The Morgan fingerprint density at radius 1 is 1.03 bits per heavy atom. The van der Waals surface area contributed by atoms with E-state index < -0.39 is 5.69 Å². The minimum absolute atomic E-state index is 0.0891. The van der Waals surface area contributed by atoms with Crippen molar-refractivity contribution >= 4 is 16.6 Å². The predicted octanol–water partition coefficient (Wildman–Crippen LogP) is 1.40. The number of ether oxygens (including phenoxy) is 1. The molecule has 30 heavy (non-hydrogen) atoms. The summed E-state index contributed by atoms with van der Waals surface area (Å²) in [4.78, 5) is 43.3. The van der Waals surface area contributed by atoms with Crippen molar-refractivity contribution in [1.29, 1.82) is 0 Å². The number of fused-ring (bicyclic) bond motifs is 2. The van der Waals surface area contributed by atoms with Gasteiger partial charge in [-0.25, -0.2) is 9.78 Å². The molecule has 1 aliphatic rings. The Morgan fingerprint density at radius 2 is 1.87 bits per heavy atom. The van der Waals surface area contributed by atoms with Crippen LogP contribution in [0.15, 0.2) is 69.1 Å². The summed E-state index contributed by atoms with van der Waals surface area (Å²) in [6, 6.07) is 13.7. The molecule has 0 bridgehead atoms. The molecule has 1 saturated heterocycles. The second kappa shape index (κ2) is 7.38. The van der Waals surface area contributed by atoms with E-state index in [9.17, 15) is 14.4 Å². The zero-order chi connectivity index (χ0) is 20.7. The van der Waals surface area contributed by atoms with E-state index in [-0.39, 0.29) is 30.3 Å². The SMILES string of the molecule is O=c1c2ccccc2n(Cc2cc(=O)n3ccccc3n2)c(=O)n1CC1CCCO1. The van der Waals surface area contributed by atoms with E-state index in [4.69, 9.17) is 4.74 Å². The van der Waals surface area contributed by atoms with Crippen molar-refractivity contribution in [3.8, 4) is 0 Å². The molecular weight excluding hydrogens is 384 g/mol. The molecule has 3 aromatic heterocycles. The number of pyridine rings is 1. The Labute approximate surface area is 170 Å². The summed E-state index contributed by atoms with van der Waals surface area (Å²) in [6.45, 7) is 0.953. The third-order valence-corrected chi connectivity index (χ3v) is 5.49. The summed E-state index contributed by atoms with van der Waals surface area (Å²) in [6.07, 6.45) is 3.25. The van der Waals surface area contributed by atoms with Crippen molar-refractivity contribution in [2.45, 2.75) is 32.0 Å². The van der Waals surface area contributed by atoms with E-state index in [0.29, 0.717) is 28.9 Å². The highest BCUT2D eigenvalue weighted by Crippen LogP contribution is 2.14. The quantitative estimate of drug-likeness (QED) is 0.513. The Morgan fingerprint density at radius 3 is 2.70 bits per heavy atom. The standard InChI is InChI=1S/C22H20N4O4/c27-20-12-15(23-19-9-3-4-10-24(19)20)13-25-18-8-2-1-7-17(18)21(28)26(22(25)29)14-16-6-5-11-30-16/h1-4,7-10,12,16H,5-6,11,13-14H2. The molecule has 0 aliphatic carbocycles. The molecule has 152 valence electrons. The molecule has 0 radical (unpaired) electrons. The third kappa shape index (κ3) is 3.15. The second-order valence-electron chi connectivity index (χ2n) is 7.45. The highest BCUT2D eigenvalue weighted by Gasteiger charge is 2.20. The molecule has 4 aromatic rings. The van der Waals surface area contributed by atoms with Crippen LogP contribution < -0.4 is 16.8 Å². The van der Waals surface area contributed by atoms with Gasteiger partial charge in [0.25, 0.3) is 11.1 Å². The van der Waals surface area contributed by atoms with Gasteiger partial charge in [0.2, 0.25) is 0 Å². The lowest BCUT2D eigenvalue weighted by Gasteiger charge is -2.16. The smallest absolute Gasteiger partial charge is 0.331 e. The molecule has 1 fully saturated rings. The topological polar surface area (TPSA) is 87.6 Å². The lowest BCUT2D eigenvalue weighted by Crippen LogP contribution is -2.42. The molecule has 0 spiro atoms. The zero-order valence-corrected chi connectivity index (χ0v) is 16.2. The van der Waals surface area contributed by atoms with Crippen LogP contribution >= 0.6 is 0 Å². The fourth-order valence-corrected chi connectivity index (χ4v) is 4.02. The maximum atomic E-state index is 13.3. The number of aromatic nitrogens is 4. The van der Waals surface area contributed by atoms with Crippen molar-refractivity contribution in [3.05, 3.63) is 91.6 Å². The van der Waals surface area contributed by atoms with E-state index in [1.807, 2.05) is 0 Å². The molecule has 0 saturated carbocycles. The number of nitrogens with zero attached hydrogens (tertiary/aromatic N) is 4. The largest absolute Gasteiger partial charge is 0.376 e. The average molecular weight is 404 g/mol. The molecule has 1 atom stereocenters. The first kappa shape index (κ1) is 18.5. The van der Waals surface area contributed by atoms with Crippen LogP contribution in [0.1, 0.15) is 18.5 Å². The highest BCUT2D eigenvalue weighted by molar-refractivity contribution is 5.77. The van der Waals surface area contributed by atoms with Gasteiger partial charge in [0, 0.05) is 18.9 Å². The zero-order valence-electron chi connectivity index (χ0n) is 16.2. The number of para-hydroxylation sites is 1. The number of hydrogen-bond acceptors (Lipinski definition) is 5. The van der Waals surface area contributed by atoms with E-state index in [1.165, 1.54) is 19.6 Å². The first-order valence-corrected chi connectivity index (χ1v) is 9.93. The van der Waals surface area contributed by atoms with Crippen molar-refractivity contribution in [1.82, 2.24) is 18.5 Å². The van der Waals surface area contributed by atoms with E-state index in [2.05, 4.69) is 4.98 Å². The van der Waals surface area contributed by atoms with Crippen molar-refractivity contribution < 1.29 is 4.74 Å². The van der Waals surface area contributed by atoms with Gasteiger partial charge in [-0.2, -0.15) is 0 Å². The second-order valence-corrected chi connectivity index (χ2v) is 7.45. The van der Waals surface area contributed by atoms with Gasteiger partial charge in [-0.15, -0.1) is 0 Å². The molecule has 5 rings (SSSR count). The monoisotopic (exact) mass is 404 g/mol. The van der Waals surface area contributed by atoms with Gasteiger partial charge in [-0.1, -0.05) is 18.2 Å². The van der Waals surface area contributed by atoms with E-state index >= 15 is 0 Å². The van der Waals surface area contributed by atoms with Crippen molar-refractivity contribution in [3.63, 3.8) is 0 Å². The van der Waals surface area contributed by atoms with Crippen LogP contribution in [0.2, 0.25) is 0 Å². The number of rotatable bonds is 4. The summed E-state index contributed by atoms with van der Waals surface area (Å²) in [7, 11) is 0. The molecule has 1 aromatic carbocycles. The molecular formula is C22H20N4O4. The maximum Gasteiger partial charge on any atom is 0.331 e. The van der Waals surface area contributed by atoms with Crippen LogP contribution in [0.5, 0.6) is 0 Å². The minimum Gasteiger partial charge on any atom is -0.376 e. The molecule has 0 amide bonds. The summed E-state index contributed by atoms with van der Waals surface area (Å²) >= 11 is 0. The average Bonchev–Trinajstić information content (AvgIpc) is 3.28. The fourth-order valence-electron chi connectivity index (χ4n) is 4.02. The first-order valence-electron chi connectivity index (χ1n) is 9.93. The van der Waals surface area contributed by atoms with Gasteiger partial charge in [0.15, 0.2) is 0 Å². The number of benzene rings is 1. The Bertz CT molecular complexity index is 1430. The fraction of sp³-hybridized carbons (Fsp3) is 0.273. The molecule has 8 nitrogen and oxygen atoms in total. The minimum atomic E-state index is -0.427. The molecule has 0 N–H and O–H groups in total. The Hall–Kier alpha value is -3.52. The van der Waals surface area contributed by atoms with E-state index in [1.54, 1.807) is 48.7 Å². The first-order chi connectivity index (χ1) is 14.6. The normalized spacial score (nSPS) is 16.5. The summed E-state index contributed by atoms with van der Waals surface area (Å²) in [5.74, 6) is 0. The van der Waals surface area contributed by atoms with Crippen LogP contribution in [0, 0.1) is 0 Å². The predicted molar refractivity (Wildman–Crippen MR) is 112 cm³/mol. The van der Waals surface area contributed by atoms with Gasteiger partial charge in [0.05, 0.1) is 35.8 Å².